The van der Waals surface area contributed by atoms with Gasteiger partial charge in [-0.15, -0.1) is 0 Å². The summed E-state index contributed by atoms with van der Waals surface area (Å²) in [7, 11) is 0. The minimum absolute atomic E-state index is 0.0282. The van der Waals surface area contributed by atoms with Crippen LogP contribution in [0.2, 0.25) is 0 Å². The lowest BCUT2D eigenvalue weighted by atomic mass is 10.1. The van der Waals surface area contributed by atoms with Crippen LogP contribution in [0.25, 0.3) is 0 Å². The van der Waals surface area contributed by atoms with E-state index in [1.54, 1.807) is 13.0 Å². The van der Waals surface area contributed by atoms with Crippen molar-refractivity contribution in [3.63, 3.8) is 0 Å². The van der Waals surface area contributed by atoms with Crippen molar-refractivity contribution in [1.82, 2.24) is 5.32 Å². The van der Waals surface area contributed by atoms with Crippen molar-refractivity contribution in [2.24, 2.45) is 0 Å². The second-order valence-corrected chi connectivity index (χ2v) is 4.80. The van der Waals surface area contributed by atoms with Crippen LogP contribution in [-0.4, -0.2) is 18.4 Å². The normalized spacial score (nSPS) is 16.4. The molecule has 0 saturated heterocycles. The highest BCUT2D eigenvalue weighted by Crippen LogP contribution is 2.17. The third-order valence-corrected chi connectivity index (χ3v) is 3.27. The molecule has 0 aromatic heterocycles. The van der Waals surface area contributed by atoms with Crippen LogP contribution in [0.1, 0.15) is 41.6 Å². The second-order valence-electron chi connectivity index (χ2n) is 4.80. The number of hydrogen-bond acceptors (Lipinski definition) is 2. The molecule has 1 aromatic rings. The van der Waals surface area contributed by atoms with Crippen LogP contribution in [0.15, 0.2) is 18.2 Å². The Balaban J connectivity index is 1.94. The number of benzene rings is 1. The average molecular weight is 235 g/mol. The molecular weight excluding hydrogens is 217 g/mol. The Bertz CT molecular complexity index is 390. The highest BCUT2D eigenvalue weighted by Gasteiger charge is 2.16. The van der Waals surface area contributed by atoms with Crippen LogP contribution in [0.3, 0.4) is 0 Å². The first-order valence-electron chi connectivity index (χ1n) is 6.19. The van der Waals surface area contributed by atoms with Gasteiger partial charge in [-0.2, -0.15) is 0 Å². The highest BCUT2D eigenvalue weighted by atomic mass is 19.1. The van der Waals surface area contributed by atoms with Gasteiger partial charge in [0.25, 0.3) is 0 Å². The van der Waals surface area contributed by atoms with Crippen molar-refractivity contribution in [2.45, 2.75) is 38.6 Å². The Kier molecular flexibility index (Phi) is 3.89. The third-order valence-electron chi connectivity index (χ3n) is 3.27. The van der Waals surface area contributed by atoms with E-state index in [-0.39, 0.29) is 11.6 Å². The fourth-order valence-corrected chi connectivity index (χ4v) is 2.37. The fourth-order valence-electron chi connectivity index (χ4n) is 2.37. The number of ketones is 1. The largest absolute Gasteiger partial charge is 0.307 e. The summed E-state index contributed by atoms with van der Waals surface area (Å²) in [5, 5.41) is 3.25. The Hall–Kier alpha value is -1.22. The van der Waals surface area contributed by atoms with E-state index in [2.05, 4.69) is 5.32 Å². The lowest BCUT2D eigenvalue weighted by molar-refractivity contribution is 0.0987. The number of Topliss-reactive ketones (excluding diaryl/α,β-unsaturated/α-hetero) is 1. The average Bonchev–Trinajstić information content (AvgIpc) is 2.77. The quantitative estimate of drug-likeness (QED) is 0.813. The van der Waals surface area contributed by atoms with Crippen LogP contribution in [0, 0.1) is 12.7 Å². The Morgan fingerprint density at radius 1 is 1.35 bits per heavy atom. The lowest BCUT2D eigenvalue weighted by Gasteiger charge is -2.11. The topological polar surface area (TPSA) is 29.1 Å². The minimum Gasteiger partial charge on any atom is -0.307 e. The minimum atomic E-state index is -0.339. The Morgan fingerprint density at radius 3 is 2.71 bits per heavy atom. The van der Waals surface area contributed by atoms with Crippen molar-refractivity contribution >= 4 is 5.78 Å². The van der Waals surface area contributed by atoms with Crippen LogP contribution < -0.4 is 5.32 Å². The van der Waals surface area contributed by atoms with Crippen molar-refractivity contribution in [3.05, 3.63) is 35.1 Å². The SMILES string of the molecule is Cc1cc(F)cc(C(=O)CNC2CCCC2)c1. The molecule has 1 saturated carbocycles. The molecule has 17 heavy (non-hydrogen) atoms. The molecule has 2 rings (SSSR count). The van der Waals surface area contributed by atoms with Gasteiger partial charge in [-0.1, -0.05) is 12.8 Å². The van der Waals surface area contributed by atoms with Crippen molar-refractivity contribution in [1.29, 1.82) is 0 Å². The van der Waals surface area contributed by atoms with E-state index >= 15 is 0 Å². The maximum atomic E-state index is 13.2. The first kappa shape index (κ1) is 12.2. The molecule has 1 fully saturated rings. The van der Waals surface area contributed by atoms with E-state index in [1.807, 2.05) is 0 Å². The molecule has 1 aliphatic carbocycles. The van der Waals surface area contributed by atoms with Gasteiger partial charge in [0.2, 0.25) is 0 Å². The molecule has 2 nitrogen and oxygen atoms in total. The van der Waals surface area contributed by atoms with Gasteiger partial charge < -0.3 is 5.32 Å². The number of nitrogens with one attached hydrogen (secondary N) is 1. The van der Waals surface area contributed by atoms with Crippen LogP contribution >= 0.6 is 0 Å². The number of hydrogen-bond donors (Lipinski definition) is 1. The Labute approximate surface area is 101 Å². The van der Waals surface area contributed by atoms with Crippen LogP contribution in [-0.2, 0) is 0 Å². The predicted octanol–water partition coefficient (Wildman–Crippen LogP) is 2.85. The molecule has 3 heteroatoms. The number of carbonyl (C=O) groups is 1. The zero-order chi connectivity index (χ0) is 12.3. The molecule has 0 amide bonds. The second kappa shape index (κ2) is 5.41. The summed E-state index contributed by atoms with van der Waals surface area (Å²) in [5.41, 5.74) is 1.25. The molecule has 0 bridgehead atoms. The molecule has 92 valence electrons. The summed E-state index contributed by atoms with van der Waals surface area (Å²) in [6.07, 6.45) is 4.78. The van der Waals surface area contributed by atoms with E-state index < -0.39 is 0 Å². The number of carbonyl (C=O) groups excluding carboxylic acids is 1. The van der Waals surface area contributed by atoms with Gasteiger partial charge in [0.05, 0.1) is 6.54 Å². The van der Waals surface area contributed by atoms with E-state index in [1.165, 1.54) is 25.0 Å². The summed E-state index contributed by atoms with van der Waals surface area (Å²) < 4.78 is 13.2. The van der Waals surface area contributed by atoms with Crippen molar-refractivity contribution in [2.75, 3.05) is 6.54 Å². The Morgan fingerprint density at radius 2 is 2.06 bits per heavy atom. The molecule has 0 spiro atoms. The third kappa shape index (κ3) is 3.37. The zero-order valence-corrected chi connectivity index (χ0v) is 10.1. The first-order chi connectivity index (χ1) is 8.15. The van der Waals surface area contributed by atoms with Gasteiger partial charge in [0.1, 0.15) is 5.82 Å². The van der Waals surface area contributed by atoms with Gasteiger partial charge in [0.15, 0.2) is 5.78 Å². The molecule has 0 heterocycles. The van der Waals surface area contributed by atoms with Gasteiger partial charge in [-0.25, -0.2) is 4.39 Å². The molecule has 0 unspecified atom stereocenters. The monoisotopic (exact) mass is 235 g/mol. The highest BCUT2D eigenvalue weighted by molar-refractivity contribution is 5.97. The number of rotatable bonds is 4. The lowest BCUT2D eigenvalue weighted by Crippen LogP contribution is -2.31. The summed E-state index contributed by atoms with van der Waals surface area (Å²) in [5.74, 6) is -0.367. The first-order valence-corrected chi connectivity index (χ1v) is 6.19. The van der Waals surface area contributed by atoms with Crippen LogP contribution in [0.4, 0.5) is 4.39 Å². The van der Waals surface area contributed by atoms with E-state index in [0.29, 0.717) is 18.2 Å². The van der Waals surface area contributed by atoms with E-state index in [4.69, 9.17) is 0 Å². The smallest absolute Gasteiger partial charge is 0.176 e. The van der Waals surface area contributed by atoms with E-state index in [9.17, 15) is 9.18 Å². The number of aryl methyl sites for hydroxylation is 1. The van der Waals surface area contributed by atoms with Gasteiger partial charge in [-0.05, 0) is 43.5 Å². The van der Waals surface area contributed by atoms with Gasteiger partial charge in [-0.3, -0.25) is 4.79 Å². The summed E-state index contributed by atoms with van der Waals surface area (Å²) >= 11 is 0. The summed E-state index contributed by atoms with van der Waals surface area (Å²) in [6.45, 7) is 2.11. The summed E-state index contributed by atoms with van der Waals surface area (Å²) in [6, 6.07) is 4.95. The van der Waals surface area contributed by atoms with Crippen LogP contribution in [0.5, 0.6) is 0 Å². The van der Waals surface area contributed by atoms with Gasteiger partial charge >= 0.3 is 0 Å². The molecule has 0 radical (unpaired) electrons. The molecule has 1 aliphatic rings. The van der Waals surface area contributed by atoms with Crippen molar-refractivity contribution < 1.29 is 9.18 Å². The number of halogens is 1. The fraction of sp³-hybridized carbons (Fsp3) is 0.500. The molecule has 1 aromatic carbocycles. The predicted molar refractivity (Wildman–Crippen MR) is 65.7 cm³/mol. The van der Waals surface area contributed by atoms with Crippen molar-refractivity contribution in [3.8, 4) is 0 Å². The van der Waals surface area contributed by atoms with E-state index in [0.717, 1.165) is 18.4 Å². The molecule has 0 aliphatic heterocycles. The maximum Gasteiger partial charge on any atom is 0.176 e. The zero-order valence-electron chi connectivity index (χ0n) is 10.1. The molecular formula is C14H18FNO. The maximum absolute atomic E-state index is 13.2. The molecule has 0 atom stereocenters. The molecule has 1 N–H and O–H groups in total. The van der Waals surface area contributed by atoms with Gasteiger partial charge in [0, 0.05) is 11.6 Å². The standard InChI is InChI=1S/C14H18FNO/c1-10-6-11(8-12(15)7-10)14(17)9-16-13-4-2-3-5-13/h6-8,13,16H,2-5,9H2,1H3. The summed E-state index contributed by atoms with van der Waals surface area (Å²) in [4.78, 5) is 11.9.